The Morgan fingerprint density at radius 3 is 2.25 bits per heavy atom. The number of rotatable bonds is 8. The highest BCUT2D eigenvalue weighted by Gasteiger charge is 2.14. The molecular weight excluding hydrogens is 455 g/mol. The first-order chi connectivity index (χ1) is 15.4. The molecule has 9 heteroatoms. The Labute approximate surface area is 195 Å². The van der Waals surface area contributed by atoms with Crippen LogP contribution in [-0.2, 0) is 4.79 Å². The quantitative estimate of drug-likeness (QED) is 0.463. The van der Waals surface area contributed by atoms with Crippen LogP contribution in [-0.4, -0.2) is 32.6 Å². The lowest BCUT2D eigenvalue weighted by Gasteiger charge is -2.13. The van der Waals surface area contributed by atoms with Crippen molar-refractivity contribution in [1.82, 2.24) is 0 Å². The second kappa shape index (κ2) is 10.7. The fraction of sp³-hybridized carbons (Fsp3) is 0.130. The smallest absolute Gasteiger partial charge is 0.262 e. The van der Waals surface area contributed by atoms with E-state index in [1.54, 1.807) is 55.6 Å². The van der Waals surface area contributed by atoms with Crippen LogP contribution in [0.5, 0.6) is 17.2 Å². The maximum Gasteiger partial charge on any atom is 0.262 e. The molecule has 3 rings (SSSR count). The van der Waals surface area contributed by atoms with Gasteiger partial charge in [-0.1, -0.05) is 23.2 Å². The van der Waals surface area contributed by atoms with E-state index >= 15 is 0 Å². The number of benzene rings is 3. The molecule has 0 saturated carbocycles. The molecule has 0 aliphatic heterocycles. The Bertz CT molecular complexity index is 1120. The minimum atomic E-state index is -0.392. The predicted octanol–water partition coefficient (Wildman–Crippen LogP) is 5.28. The average molecular weight is 475 g/mol. The summed E-state index contributed by atoms with van der Waals surface area (Å²) in [6.07, 6.45) is 0. The van der Waals surface area contributed by atoms with Crippen LogP contribution in [0.15, 0.2) is 60.7 Å². The molecule has 3 aromatic rings. The SMILES string of the molecule is COc1ccc(NC(=O)COc2ccc(C(=O)Nc3ccc(Cl)cc3Cl)cc2OC)cc1. The number of halogens is 2. The van der Waals surface area contributed by atoms with E-state index in [0.717, 1.165) is 0 Å². The van der Waals surface area contributed by atoms with Gasteiger partial charge in [-0.3, -0.25) is 9.59 Å². The Morgan fingerprint density at radius 2 is 1.59 bits per heavy atom. The first kappa shape index (κ1) is 23.2. The molecule has 3 aromatic carbocycles. The molecule has 0 heterocycles. The number of carbonyl (C=O) groups excluding carboxylic acids is 2. The fourth-order valence-electron chi connectivity index (χ4n) is 2.73. The van der Waals surface area contributed by atoms with Gasteiger partial charge < -0.3 is 24.8 Å². The number of hydrogen-bond donors (Lipinski definition) is 2. The third kappa shape index (κ3) is 6.06. The zero-order chi connectivity index (χ0) is 23.1. The molecule has 32 heavy (non-hydrogen) atoms. The first-order valence-electron chi connectivity index (χ1n) is 9.40. The van der Waals surface area contributed by atoms with Crippen LogP contribution in [0.1, 0.15) is 10.4 Å². The lowest BCUT2D eigenvalue weighted by molar-refractivity contribution is -0.118. The number of methoxy groups -OCH3 is 2. The van der Waals surface area contributed by atoms with E-state index < -0.39 is 5.91 Å². The summed E-state index contributed by atoms with van der Waals surface area (Å²) in [5.41, 5.74) is 1.36. The standard InChI is InChI=1S/C23H20Cl2N2O5/c1-30-17-7-5-16(6-8-17)26-22(28)13-32-20-10-3-14(11-21(20)31-2)23(29)27-19-9-4-15(24)12-18(19)25/h3-12H,13H2,1-2H3,(H,26,28)(H,27,29). The Hall–Kier alpha value is -3.42. The van der Waals surface area contributed by atoms with Gasteiger partial charge in [-0.05, 0) is 60.7 Å². The molecule has 7 nitrogen and oxygen atoms in total. The molecule has 166 valence electrons. The van der Waals surface area contributed by atoms with Crippen LogP contribution in [0, 0.1) is 0 Å². The van der Waals surface area contributed by atoms with Crippen molar-refractivity contribution in [2.45, 2.75) is 0 Å². The van der Waals surface area contributed by atoms with Crippen LogP contribution in [0.3, 0.4) is 0 Å². The van der Waals surface area contributed by atoms with Gasteiger partial charge in [-0.2, -0.15) is 0 Å². The van der Waals surface area contributed by atoms with E-state index in [-0.39, 0.29) is 12.5 Å². The Kier molecular flexibility index (Phi) is 7.81. The van der Waals surface area contributed by atoms with Gasteiger partial charge in [0.15, 0.2) is 18.1 Å². The van der Waals surface area contributed by atoms with Gasteiger partial charge in [0.25, 0.3) is 11.8 Å². The second-order valence-corrected chi connectivity index (χ2v) is 7.35. The minimum Gasteiger partial charge on any atom is -0.497 e. The predicted molar refractivity (Wildman–Crippen MR) is 125 cm³/mol. The van der Waals surface area contributed by atoms with E-state index in [1.165, 1.54) is 19.2 Å². The maximum atomic E-state index is 12.6. The first-order valence-corrected chi connectivity index (χ1v) is 10.2. The number of carbonyl (C=O) groups is 2. The average Bonchev–Trinajstić information content (AvgIpc) is 2.79. The summed E-state index contributed by atoms with van der Waals surface area (Å²) >= 11 is 12.0. The van der Waals surface area contributed by atoms with E-state index in [9.17, 15) is 9.59 Å². The summed E-state index contributed by atoms with van der Waals surface area (Å²) in [5, 5.41) is 6.22. The van der Waals surface area contributed by atoms with Crippen LogP contribution in [0.25, 0.3) is 0 Å². The fourth-order valence-corrected chi connectivity index (χ4v) is 3.18. The van der Waals surface area contributed by atoms with E-state index in [4.69, 9.17) is 37.4 Å². The largest absolute Gasteiger partial charge is 0.497 e. The molecule has 0 atom stereocenters. The van der Waals surface area contributed by atoms with Crippen molar-refractivity contribution in [2.75, 3.05) is 31.5 Å². The highest BCUT2D eigenvalue weighted by molar-refractivity contribution is 6.36. The van der Waals surface area contributed by atoms with Gasteiger partial charge in [0.05, 0.1) is 24.9 Å². The van der Waals surface area contributed by atoms with Crippen molar-refractivity contribution in [2.24, 2.45) is 0 Å². The van der Waals surface area contributed by atoms with Crippen LogP contribution in [0.2, 0.25) is 10.0 Å². The molecule has 0 aliphatic carbocycles. The number of hydrogen-bond acceptors (Lipinski definition) is 5. The van der Waals surface area contributed by atoms with Crippen LogP contribution >= 0.6 is 23.2 Å². The number of anilines is 2. The highest BCUT2D eigenvalue weighted by atomic mass is 35.5. The van der Waals surface area contributed by atoms with Crippen molar-refractivity contribution in [3.05, 3.63) is 76.3 Å². The van der Waals surface area contributed by atoms with Gasteiger partial charge in [0.1, 0.15) is 5.75 Å². The molecule has 2 N–H and O–H groups in total. The van der Waals surface area contributed by atoms with Gasteiger partial charge in [-0.15, -0.1) is 0 Å². The van der Waals surface area contributed by atoms with E-state index in [0.29, 0.717) is 44.2 Å². The Balaban J connectivity index is 1.62. The van der Waals surface area contributed by atoms with Gasteiger partial charge in [0, 0.05) is 16.3 Å². The minimum absolute atomic E-state index is 0.242. The molecule has 0 aromatic heterocycles. The van der Waals surface area contributed by atoms with Gasteiger partial charge in [0.2, 0.25) is 0 Å². The van der Waals surface area contributed by atoms with Crippen molar-refractivity contribution < 1.29 is 23.8 Å². The Morgan fingerprint density at radius 1 is 0.844 bits per heavy atom. The molecule has 0 aliphatic rings. The summed E-state index contributed by atoms with van der Waals surface area (Å²) in [6.45, 7) is -0.242. The molecule has 0 unspecified atom stereocenters. The zero-order valence-electron chi connectivity index (χ0n) is 17.3. The number of ether oxygens (including phenoxy) is 3. The van der Waals surface area contributed by atoms with Crippen LogP contribution in [0.4, 0.5) is 11.4 Å². The molecule has 0 radical (unpaired) electrons. The molecule has 0 fully saturated rings. The normalized spacial score (nSPS) is 10.2. The van der Waals surface area contributed by atoms with Gasteiger partial charge in [-0.25, -0.2) is 0 Å². The molecule has 2 amide bonds. The summed E-state index contributed by atoms with van der Waals surface area (Å²) in [4.78, 5) is 24.8. The zero-order valence-corrected chi connectivity index (χ0v) is 18.8. The molecule has 0 bridgehead atoms. The third-order valence-electron chi connectivity index (χ3n) is 4.34. The molecular formula is C23H20Cl2N2O5. The monoisotopic (exact) mass is 474 g/mol. The van der Waals surface area contributed by atoms with Crippen molar-refractivity contribution in [3.8, 4) is 17.2 Å². The lowest BCUT2D eigenvalue weighted by atomic mass is 10.2. The van der Waals surface area contributed by atoms with Crippen LogP contribution < -0.4 is 24.8 Å². The summed E-state index contributed by atoms with van der Waals surface area (Å²) in [6, 6.07) is 16.3. The molecule has 0 spiro atoms. The van der Waals surface area contributed by atoms with Crippen molar-refractivity contribution in [1.29, 1.82) is 0 Å². The third-order valence-corrected chi connectivity index (χ3v) is 4.89. The number of nitrogens with one attached hydrogen (secondary N) is 2. The summed E-state index contributed by atoms with van der Waals surface area (Å²) in [5.74, 6) is 0.565. The molecule has 0 saturated heterocycles. The maximum absolute atomic E-state index is 12.6. The van der Waals surface area contributed by atoms with Crippen molar-refractivity contribution >= 4 is 46.4 Å². The summed E-state index contributed by atoms with van der Waals surface area (Å²) < 4.78 is 16.0. The highest BCUT2D eigenvalue weighted by Crippen LogP contribution is 2.30. The topological polar surface area (TPSA) is 85.9 Å². The lowest BCUT2D eigenvalue weighted by Crippen LogP contribution is -2.20. The summed E-state index contributed by atoms with van der Waals surface area (Å²) in [7, 11) is 3.01. The second-order valence-electron chi connectivity index (χ2n) is 6.51. The van der Waals surface area contributed by atoms with E-state index in [2.05, 4.69) is 10.6 Å². The number of amides is 2. The van der Waals surface area contributed by atoms with E-state index in [1.807, 2.05) is 0 Å². The van der Waals surface area contributed by atoms with Gasteiger partial charge >= 0.3 is 0 Å². The van der Waals surface area contributed by atoms with Crippen molar-refractivity contribution in [3.63, 3.8) is 0 Å².